The Morgan fingerprint density at radius 1 is 1.24 bits per heavy atom. The predicted octanol–water partition coefficient (Wildman–Crippen LogP) is 5.25. The molecule has 0 aliphatic heterocycles. The molecule has 152 valence electrons. The molecule has 0 fully saturated rings. The summed E-state index contributed by atoms with van der Waals surface area (Å²) in [5, 5.41) is 6.07. The largest absolute Gasteiger partial charge is 0.417 e. The van der Waals surface area contributed by atoms with Crippen LogP contribution in [0, 0.1) is 0 Å². The molecule has 11 heteroatoms. The normalized spacial score (nSPS) is 11.3. The van der Waals surface area contributed by atoms with Crippen LogP contribution >= 0.6 is 34.3 Å². The number of thiophene rings is 1. The summed E-state index contributed by atoms with van der Waals surface area (Å²) >= 11 is 8.37. The van der Waals surface area contributed by atoms with Crippen molar-refractivity contribution in [3.8, 4) is 9.88 Å². The molecular weight excluding hydrogens is 447 g/mol. The Labute approximate surface area is 176 Å². The van der Waals surface area contributed by atoms with Crippen LogP contribution in [0.2, 0.25) is 5.02 Å². The van der Waals surface area contributed by atoms with Gasteiger partial charge in [-0.25, -0.2) is 4.98 Å². The highest BCUT2D eigenvalue weighted by Gasteiger charge is 2.33. The number of likely N-dealkylation sites (N-methyl/N-ethyl adjacent to an activating group) is 1. The van der Waals surface area contributed by atoms with Crippen LogP contribution in [0.5, 0.6) is 0 Å². The second kappa shape index (κ2) is 8.52. The molecule has 1 N–H and O–H groups in total. The van der Waals surface area contributed by atoms with Gasteiger partial charge in [0, 0.05) is 18.1 Å². The summed E-state index contributed by atoms with van der Waals surface area (Å²) in [7, 11) is 1.41. The zero-order valence-electron chi connectivity index (χ0n) is 14.8. The molecule has 2 heterocycles. The number of amides is 2. The van der Waals surface area contributed by atoms with Crippen LogP contribution in [0.25, 0.3) is 9.88 Å². The molecule has 0 unspecified atom stereocenters. The highest BCUT2D eigenvalue weighted by atomic mass is 35.5. The van der Waals surface area contributed by atoms with Crippen LogP contribution in [0.4, 0.5) is 18.9 Å². The third-order valence-electron chi connectivity index (χ3n) is 3.74. The Hall–Kier alpha value is -2.43. The molecule has 0 saturated carbocycles. The number of hydrogen-bond acceptors (Lipinski definition) is 5. The van der Waals surface area contributed by atoms with E-state index in [1.54, 1.807) is 5.38 Å². The van der Waals surface area contributed by atoms with Gasteiger partial charge in [0.05, 0.1) is 22.0 Å². The molecule has 1 aromatic carbocycles. The lowest BCUT2D eigenvalue weighted by atomic mass is 10.2. The maximum atomic E-state index is 12.9. The molecule has 3 aromatic rings. The molecule has 0 atom stereocenters. The van der Waals surface area contributed by atoms with E-state index in [1.165, 1.54) is 35.8 Å². The highest BCUT2D eigenvalue weighted by molar-refractivity contribution is 7.20. The fourth-order valence-corrected chi connectivity index (χ4v) is 4.22. The van der Waals surface area contributed by atoms with E-state index >= 15 is 0 Å². The number of halogens is 4. The number of anilines is 1. The molecule has 5 nitrogen and oxygen atoms in total. The topological polar surface area (TPSA) is 62.3 Å². The quantitative estimate of drug-likeness (QED) is 0.566. The van der Waals surface area contributed by atoms with Crippen molar-refractivity contribution in [2.45, 2.75) is 6.18 Å². The monoisotopic (exact) mass is 459 g/mol. The number of nitrogens with one attached hydrogen (secondary N) is 1. The number of hydrogen-bond donors (Lipinski definition) is 1. The van der Waals surface area contributed by atoms with E-state index in [4.69, 9.17) is 11.6 Å². The number of aromatic nitrogens is 1. The van der Waals surface area contributed by atoms with Crippen LogP contribution in [0.3, 0.4) is 0 Å². The Kier molecular flexibility index (Phi) is 6.25. The number of nitrogens with zero attached hydrogens (tertiary/aromatic N) is 2. The molecule has 0 aliphatic rings. The van der Waals surface area contributed by atoms with Crippen LogP contribution in [-0.2, 0) is 11.0 Å². The molecule has 0 radical (unpaired) electrons. The first-order chi connectivity index (χ1) is 13.6. The average molecular weight is 460 g/mol. The number of carbonyl (C=O) groups excluding carboxylic acids is 2. The van der Waals surface area contributed by atoms with Gasteiger partial charge in [0.2, 0.25) is 5.91 Å². The Balaban J connectivity index is 1.64. The Morgan fingerprint density at radius 3 is 2.66 bits per heavy atom. The molecule has 3 rings (SSSR count). The van der Waals surface area contributed by atoms with Crippen molar-refractivity contribution < 1.29 is 22.8 Å². The zero-order valence-corrected chi connectivity index (χ0v) is 17.2. The lowest BCUT2D eigenvalue weighted by Crippen LogP contribution is -2.35. The molecule has 2 amide bonds. The van der Waals surface area contributed by atoms with Crippen molar-refractivity contribution in [2.75, 3.05) is 18.9 Å². The van der Waals surface area contributed by atoms with Crippen LogP contribution < -0.4 is 5.32 Å². The molecule has 29 heavy (non-hydrogen) atoms. The van der Waals surface area contributed by atoms with Gasteiger partial charge in [-0.1, -0.05) is 17.7 Å². The number of benzene rings is 1. The smallest absolute Gasteiger partial charge is 0.331 e. The van der Waals surface area contributed by atoms with Gasteiger partial charge in [0.15, 0.2) is 0 Å². The van der Waals surface area contributed by atoms with Gasteiger partial charge in [-0.2, -0.15) is 13.2 Å². The lowest BCUT2D eigenvalue weighted by molar-refractivity contribution is -0.137. The molecule has 2 aromatic heterocycles. The van der Waals surface area contributed by atoms with Crippen molar-refractivity contribution in [3.05, 3.63) is 57.4 Å². The fourth-order valence-electron chi connectivity index (χ4n) is 2.39. The van der Waals surface area contributed by atoms with Crippen molar-refractivity contribution in [3.63, 3.8) is 0 Å². The van der Waals surface area contributed by atoms with E-state index in [0.717, 1.165) is 21.9 Å². The van der Waals surface area contributed by atoms with E-state index in [9.17, 15) is 22.8 Å². The maximum Gasteiger partial charge on any atom is 0.417 e. The fraction of sp³-hybridized carbons (Fsp3) is 0.167. The van der Waals surface area contributed by atoms with Crippen LogP contribution in [0.1, 0.15) is 16.1 Å². The summed E-state index contributed by atoms with van der Waals surface area (Å²) < 4.78 is 38.8. The number of thiazole rings is 1. The number of rotatable bonds is 5. The summed E-state index contributed by atoms with van der Waals surface area (Å²) in [6.07, 6.45) is -4.64. The zero-order chi connectivity index (χ0) is 21.2. The lowest BCUT2D eigenvalue weighted by Gasteiger charge is -2.16. The van der Waals surface area contributed by atoms with Crippen LogP contribution in [0.15, 0.2) is 41.1 Å². The minimum absolute atomic E-state index is 0.0683. The Bertz CT molecular complexity index is 1040. The van der Waals surface area contributed by atoms with E-state index < -0.39 is 28.6 Å². The number of alkyl halides is 3. The first-order valence-electron chi connectivity index (χ1n) is 8.06. The standard InChI is InChI=1S/C18H13ClF3N3O2S2/c1-25(17(27)13-9-29-16(24-13)14-3-2-6-28-14)8-15(26)23-10-4-5-12(19)11(7-10)18(20,21)22/h2-7,9H,8H2,1H3,(H,23,26). The molecule has 0 spiro atoms. The van der Waals surface area contributed by atoms with Gasteiger partial charge in [-0.15, -0.1) is 22.7 Å². The van der Waals surface area contributed by atoms with Gasteiger partial charge in [0.1, 0.15) is 10.7 Å². The van der Waals surface area contributed by atoms with Gasteiger partial charge in [0.25, 0.3) is 5.91 Å². The van der Waals surface area contributed by atoms with Crippen molar-refractivity contribution in [1.29, 1.82) is 0 Å². The van der Waals surface area contributed by atoms with Gasteiger partial charge in [-0.3, -0.25) is 9.59 Å². The Morgan fingerprint density at radius 2 is 2.00 bits per heavy atom. The van der Waals surface area contributed by atoms with Crippen LogP contribution in [-0.4, -0.2) is 35.3 Å². The summed E-state index contributed by atoms with van der Waals surface area (Å²) in [5.41, 5.74) is -0.925. The maximum absolute atomic E-state index is 12.9. The second-order valence-corrected chi connectivity index (χ2v) is 8.13. The van der Waals surface area contributed by atoms with Gasteiger partial charge < -0.3 is 10.2 Å². The summed E-state index contributed by atoms with van der Waals surface area (Å²) in [4.78, 5) is 31.0. The van der Waals surface area contributed by atoms with E-state index in [-0.39, 0.29) is 17.9 Å². The van der Waals surface area contributed by atoms with Crippen molar-refractivity contribution in [1.82, 2.24) is 9.88 Å². The minimum atomic E-state index is -4.64. The molecule has 0 aliphatic carbocycles. The minimum Gasteiger partial charge on any atom is -0.331 e. The summed E-state index contributed by atoms with van der Waals surface area (Å²) in [6.45, 7) is -0.353. The predicted molar refractivity (Wildman–Crippen MR) is 107 cm³/mol. The summed E-state index contributed by atoms with van der Waals surface area (Å²) in [6, 6.07) is 6.81. The average Bonchev–Trinajstić information content (AvgIpc) is 3.33. The molecule has 0 saturated heterocycles. The molecular formula is C18H13ClF3N3O2S2. The van der Waals surface area contributed by atoms with Crippen molar-refractivity contribution in [2.24, 2.45) is 0 Å². The third-order valence-corrected chi connectivity index (χ3v) is 5.95. The summed E-state index contributed by atoms with van der Waals surface area (Å²) in [5.74, 6) is -1.11. The first-order valence-corrected chi connectivity index (χ1v) is 10.2. The SMILES string of the molecule is CN(CC(=O)Nc1ccc(Cl)c(C(F)(F)F)c1)C(=O)c1csc(-c2cccs2)n1. The third kappa shape index (κ3) is 5.14. The second-order valence-electron chi connectivity index (χ2n) is 5.92. The number of carbonyl (C=O) groups is 2. The van der Waals surface area contributed by atoms with Crippen molar-refractivity contribution >= 4 is 51.8 Å². The van der Waals surface area contributed by atoms with E-state index in [0.29, 0.717) is 5.01 Å². The van der Waals surface area contributed by atoms with E-state index in [2.05, 4.69) is 10.3 Å². The van der Waals surface area contributed by atoms with Gasteiger partial charge >= 0.3 is 6.18 Å². The van der Waals surface area contributed by atoms with E-state index in [1.807, 2.05) is 17.5 Å². The first kappa shape index (κ1) is 21.3. The highest BCUT2D eigenvalue weighted by Crippen LogP contribution is 2.36. The van der Waals surface area contributed by atoms with Gasteiger partial charge in [-0.05, 0) is 29.6 Å². The molecule has 0 bridgehead atoms.